The van der Waals surface area contributed by atoms with Crippen molar-refractivity contribution in [3.05, 3.63) is 18.2 Å². The SMILES string of the molecule is CC(C)CC(NC(=O)CNC(=O)C(N)CC(=O)O)C(=O)NC(Cc1cnc[nH]1)C(=O)O. The molecule has 0 saturated heterocycles. The lowest BCUT2D eigenvalue weighted by Crippen LogP contribution is -2.54. The number of imidazole rings is 1. The van der Waals surface area contributed by atoms with E-state index in [0.717, 1.165) is 0 Å². The van der Waals surface area contributed by atoms with Crippen LogP contribution in [-0.2, 0) is 30.4 Å². The zero-order valence-corrected chi connectivity index (χ0v) is 17.3. The Labute approximate surface area is 178 Å². The molecule has 3 unspecified atom stereocenters. The Balaban J connectivity index is 2.70. The van der Waals surface area contributed by atoms with Crippen LogP contribution in [0.15, 0.2) is 12.5 Å². The number of nitrogens with one attached hydrogen (secondary N) is 4. The van der Waals surface area contributed by atoms with E-state index in [1.54, 1.807) is 0 Å². The minimum absolute atomic E-state index is 0.00878. The molecule has 3 atom stereocenters. The highest BCUT2D eigenvalue weighted by Crippen LogP contribution is 2.07. The van der Waals surface area contributed by atoms with Gasteiger partial charge >= 0.3 is 11.9 Å². The summed E-state index contributed by atoms with van der Waals surface area (Å²) in [4.78, 5) is 65.2. The molecule has 0 bridgehead atoms. The van der Waals surface area contributed by atoms with Crippen LogP contribution in [-0.4, -0.2) is 74.5 Å². The molecule has 0 fully saturated rings. The number of nitrogens with two attached hydrogens (primary N) is 1. The van der Waals surface area contributed by atoms with Gasteiger partial charge in [-0.15, -0.1) is 0 Å². The standard InChI is InChI=1S/C18H28N6O7/c1-9(2)3-12(23-14(25)7-21-16(28)11(19)5-15(26)27)17(29)24-13(18(30)31)4-10-6-20-8-22-10/h6,8-9,11-13H,3-5,7,19H2,1-2H3,(H,20,22)(H,21,28)(H,23,25)(H,24,29)(H,26,27)(H,30,31). The van der Waals surface area contributed by atoms with Crippen molar-refractivity contribution in [2.75, 3.05) is 6.54 Å². The fourth-order valence-corrected chi connectivity index (χ4v) is 2.62. The van der Waals surface area contributed by atoms with Crippen molar-refractivity contribution in [1.29, 1.82) is 0 Å². The van der Waals surface area contributed by atoms with E-state index in [1.807, 2.05) is 13.8 Å². The number of carbonyl (C=O) groups is 5. The molecule has 13 heteroatoms. The Hall–Kier alpha value is -3.48. The minimum atomic E-state index is -1.32. The van der Waals surface area contributed by atoms with Gasteiger partial charge in [0.25, 0.3) is 0 Å². The lowest BCUT2D eigenvalue weighted by atomic mass is 10.0. The largest absolute Gasteiger partial charge is 0.481 e. The van der Waals surface area contributed by atoms with Crippen LogP contribution in [0.1, 0.15) is 32.4 Å². The second-order valence-electron chi connectivity index (χ2n) is 7.35. The van der Waals surface area contributed by atoms with Crippen LogP contribution in [0.4, 0.5) is 0 Å². The highest BCUT2D eigenvalue weighted by atomic mass is 16.4. The molecule has 172 valence electrons. The fourth-order valence-electron chi connectivity index (χ4n) is 2.62. The van der Waals surface area contributed by atoms with E-state index in [0.29, 0.717) is 5.69 Å². The quantitative estimate of drug-likeness (QED) is 0.180. The number of carbonyl (C=O) groups excluding carboxylic acids is 3. The number of carboxylic acids is 2. The number of nitrogens with zero attached hydrogens (tertiary/aromatic N) is 1. The third-order valence-corrected chi connectivity index (χ3v) is 4.11. The predicted octanol–water partition coefficient (Wildman–Crippen LogP) is -2.03. The molecule has 1 heterocycles. The van der Waals surface area contributed by atoms with Crippen LogP contribution in [0.2, 0.25) is 0 Å². The van der Waals surface area contributed by atoms with Gasteiger partial charge in [-0.3, -0.25) is 19.2 Å². The van der Waals surface area contributed by atoms with Gasteiger partial charge in [0.1, 0.15) is 12.1 Å². The van der Waals surface area contributed by atoms with Crippen molar-refractivity contribution >= 4 is 29.7 Å². The van der Waals surface area contributed by atoms with Gasteiger partial charge in [0, 0.05) is 18.3 Å². The first-order chi connectivity index (χ1) is 14.5. The molecule has 31 heavy (non-hydrogen) atoms. The lowest BCUT2D eigenvalue weighted by Gasteiger charge is -2.23. The van der Waals surface area contributed by atoms with Gasteiger partial charge in [-0.2, -0.15) is 0 Å². The summed E-state index contributed by atoms with van der Waals surface area (Å²) in [6, 6.07) is -3.60. The molecule has 0 aliphatic rings. The average Bonchev–Trinajstić information content (AvgIpc) is 3.17. The molecule has 13 nitrogen and oxygen atoms in total. The van der Waals surface area contributed by atoms with E-state index >= 15 is 0 Å². The first-order valence-electron chi connectivity index (χ1n) is 9.54. The van der Waals surface area contributed by atoms with Crippen LogP contribution in [0.5, 0.6) is 0 Å². The molecule has 1 aromatic rings. The van der Waals surface area contributed by atoms with Gasteiger partial charge < -0.3 is 36.9 Å². The molecule has 0 aromatic carbocycles. The highest BCUT2D eigenvalue weighted by Gasteiger charge is 2.28. The van der Waals surface area contributed by atoms with Gasteiger partial charge in [0.05, 0.1) is 25.3 Å². The molecule has 0 aliphatic carbocycles. The number of rotatable bonds is 13. The van der Waals surface area contributed by atoms with E-state index in [-0.39, 0.29) is 18.8 Å². The fraction of sp³-hybridized carbons (Fsp3) is 0.556. The van der Waals surface area contributed by atoms with E-state index in [2.05, 4.69) is 25.9 Å². The first kappa shape index (κ1) is 25.6. The van der Waals surface area contributed by atoms with E-state index in [1.165, 1.54) is 12.5 Å². The summed E-state index contributed by atoms with van der Waals surface area (Å²) >= 11 is 0. The molecule has 0 saturated carbocycles. The summed E-state index contributed by atoms with van der Waals surface area (Å²) in [5, 5.41) is 25.1. The molecular formula is C18H28N6O7. The van der Waals surface area contributed by atoms with Crippen LogP contribution in [0.3, 0.4) is 0 Å². The van der Waals surface area contributed by atoms with Crippen molar-refractivity contribution in [2.24, 2.45) is 11.7 Å². The maximum Gasteiger partial charge on any atom is 0.326 e. The molecule has 0 aliphatic heterocycles. The first-order valence-corrected chi connectivity index (χ1v) is 9.54. The topological polar surface area (TPSA) is 217 Å². The Bertz CT molecular complexity index is 780. The number of aromatic nitrogens is 2. The summed E-state index contributed by atoms with van der Waals surface area (Å²) in [6.45, 7) is 3.11. The Morgan fingerprint density at radius 2 is 1.77 bits per heavy atom. The lowest BCUT2D eigenvalue weighted by molar-refractivity contribution is -0.142. The maximum absolute atomic E-state index is 12.6. The molecular weight excluding hydrogens is 412 g/mol. The van der Waals surface area contributed by atoms with Gasteiger partial charge in [-0.1, -0.05) is 13.8 Å². The number of aromatic amines is 1. The van der Waals surface area contributed by atoms with E-state index < -0.39 is 60.8 Å². The number of amides is 3. The Kier molecular flexibility index (Phi) is 10.1. The van der Waals surface area contributed by atoms with Gasteiger partial charge in [-0.05, 0) is 12.3 Å². The van der Waals surface area contributed by atoms with Crippen LogP contribution in [0.25, 0.3) is 0 Å². The summed E-state index contributed by atoms with van der Waals surface area (Å²) in [7, 11) is 0. The van der Waals surface area contributed by atoms with Crippen molar-refractivity contribution in [3.63, 3.8) is 0 Å². The second kappa shape index (κ2) is 12.3. The van der Waals surface area contributed by atoms with Gasteiger partial charge in [0.15, 0.2) is 0 Å². The van der Waals surface area contributed by atoms with E-state index in [4.69, 9.17) is 10.8 Å². The molecule has 8 N–H and O–H groups in total. The maximum atomic E-state index is 12.6. The molecule has 1 rings (SSSR count). The third kappa shape index (κ3) is 9.71. The van der Waals surface area contributed by atoms with Crippen LogP contribution >= 0.6 is 0 Å². The molecule has 0 spiro atoms. The van der Waals surface area contributed by atoms with Crippen molar-refractivity contribution in [2.45, 2.75) is 51.2 Å². The second-order valence-corrected chi connectivity index (χ2v) is 7.35. The van der Waals surface area contributed by atoms with Gasteiger partial charge in [-0.25, -0.2) is 9.78 Å². The number of carboxylic acid groups (broad SMARTS) is 2. The summed E-state index contributed by atoms with van der Waals surface area (Å²) < 4.78 is 0. The van der Waals surface area contributed by atoms with Crippen molar-refractivity contribution < 1.29 is 34.2 Å². The minimum Gasteiger partial charge on any atom is -0.481 e. The Morgan fingerprint density at radius 3 is 2.29 bits per heavy atom. The smallest absolute Gasteiger partial charge is 0.326 e. The molecule has 0 radical (unpaired) electrons. The normalized spacial score (nSPS) is 13.7. The highest BCUT2D eigenvalue weighted by molar-refractivity contribution is 5.93. The van der Waals surface area contributed by atoms with Gasteiger partial charge in [0.2, 0.25) is 17.7 Å². The predicted molar refractivity (Wildman–Crippen MR) is 106 cm³/mol. The van der Waals surface area contributed by atoms with E-state index in [9.17, 15) is 29.1 Å². The monoisotopic (exact) mass is 440 g/mol. The zero-order valence-electron chi connectivity index (χ0n) is 17.3. The van der Waals surface area contributed by atoms with Crippen molar-refractivity contribution in [3.8, 4) is 0 Å². The number of hydrogen-bond acceptors (Lipinski definition) is 7. The summed E-state index contributed by atoms with van der Waals surface area (Å²) in [5.41, 5.74) is 5.92. The average molecular weight is 440 g/mol. The summed E-state index contributed by atoms with van der Waals surface area (Å²) in [6.07, 6.45) is 2.42. The van der Waals surface area contributed by atoms with Crippen molar-refractivity contribution in [1.82, 2.24) is 25.9 Å². The third-order valence-electron chi connectivity index (χ3n) is 4.11. The number of hydrogen-bond donors (Lipinski definition) is 7. The number of H-pyrrole nitrogens is 1. The molecule has 1 aromatic heterocycles. The van der Waals surface area contributed by atoms with Crippen LogP contribution < -0.4 is 21.7 Å². The Morgan fingerprint density at radius 1 is 1.10 bits per heavy atom. The zero-order chi connectivity index (χ0) is 23.6. The summed E-state index contributed by atoms with van der Waals surface area (Å²) in [5.74, 6) is -4.75. The molecule has 3 amide bonds. The van der Waals surface area contributed by atoms with Crippen LogP contribution in [0, 0.1) is 5.92 Å². The number of aliphatic carboxylic acids is 2.